The maximum absolute atomic E-state index is 12.9. The molecule has 0 saturated carbocycles. The highest BCUT2D eigenvalue weighted by Gasteiger charge is 2.27. The summed E-state index contributed by atoms with van der Waals surface area (Å²) in [6, 6.07) is 4.90. The van der Waals surface area contributed by atoms with E-state index in [-0.39, 0.29) is 25.5 Å². The number of aliphatic hydroxyl groups excluding tert-OH is 1. The molecule has 1 rings (SSSR count). The van der Waals surface area contributed by atoms with Crippen LogP contribution in [0.5, 0.6) is 0 Å². The Hall–Kier alpha value is -3.96. The van der Waals surface area contributed by atoms with Crippen molar-refractivity contribution >= 4 is 35.7 Å². The number of carbonyl (C=O) groups excluding carboxylic acids is 4. The standard InChI is InChI=1S/C21H30N8O5/c1-13(2)16(10-25-18(31)11-26-29-23)19(32)28-17(4-3-9-24-21(22)34)20(33)27-15-7-5-14(12-30)6-8-15/h5-8,10,13,16-17,30H,3-4,9,11-12H2,1-2H3,(H,27,33)(H,28,32)(H3,22,24,34)/t16?,17-/m0/s1. The molecule has 0 aromatic heterocycles. The minimum Gasteiger partial charge on any atom is -0.392 e. The van der Waals surface area contributed by atoms with Gasteiger partial charge in [0.2, 0.25) is 11.8 Å². The van der Waals surface area contributed by atoms with Gasteiger partial charge in [0.1, 0.15) is 12.6 Å². The van der Waals surface area contributed by atoms with Crippen molar-refractivity contribution in [3.05, 3.63) is 40.3 Å². The van der Waals surface area contributed by atoms with E-state index in [2.05, 4.69) is 31.0 Å². The quantitative estimate of drug-likeness (QED) is 0.0935. The SMILES string of the molecule is CC(C)C(C=NC(=O)CN=[N+]=[N-])C(=O)N[C@@H](CCCNC(N)=O)C(=O)Nc1ccc(CO)cc1. The van der Waals surface area contributed by atoms with Gasteiger partial charge in [-0.3, -0.25) is 14.4 Å². The lowest BCUT2D eigenvalue weighted by Gasteiger charge is -2.22. The van der Waals surface area contributed by atoms with E-state index in [0.717, 1.165) is 0 Å². The van der Waals surface area contributed by atoms with Crippen LogP contribution < -0.4 is 21.7 Å². The number of aliphatic imine (C=N–C) groups is 1. The largest absolute Gasteiger partial charge is 0.392 e. The maximum Gasteiger partial charge on any atom is 0.312 e. The molecule has 1 aromatic carbocycles. The van der Waals surface area contributed by atoms with Gasteiger partial charge in [-0.15, -0.1) is 0 Å². The second-order valence-corrected chi connectivity index (χ2v) is 7.67. The number of hydrogen-bond donors (Lipinski definition) is 5. The molecule has 2 atom stereocenters. The van der Waals surface area contributed by atoms with Gasteiger partial charge >= 0.3 is 6.03 Å². The fourth-order valence-electron chi connectivity index (χ4n) is 2.82. The molecule has 184 valence electrons. The molecule has 0 radical (unpaired) electrons. The van der Waals surface area contributed by atoms with Crippen LogP contribution in [-0.2, 0) is 21.0 Å². The van der Waals surface area contributed by atoms with E-state index < -0.39 is 42.3 Å². The number of nitrogens with one attached hydrogen (secondary N) is 3. The molecule has 34 heavy (non-hydrogen) atoms. The number of urea groups is 1. The van der Waals surface area contributed by atoms with Crippen molar-refractivity contribution in [3.63, 3.8) is 0 Å². The van der Waals surface area contributed by atoms with Gasteiger partial charge in [-0.25, -0.2) is 9.79 Å². The number of aliphatic hydroxyl groups is 1. The highest BCUT2D eigenvalue weighted by molar-refractivity contribution is 6.01. The summed E-state index contributed by atoms with van der Waals surface area (Å²) < 4.78 is 0. The van der Waals surface area contributed by atoms with Crippen LogP contribution in [0.1, 0.15) is 32.3 Å². The Labute approximate surface area is 196 Å². The predicted octanol–water partition coefficient (Wildman–Crippen LogP) is 1.23. The summed E-state index contributed by atoms with van der Waals surface area (Å²) in [5.41, 5.74) is 14.5. The van der Waals surface area contributed by atoms with Crippen LogP contribution in [0.3, 0.4) is 0 Å². The maximum atomic E-state index is 12.9. The first-order valence-corrected chi connectivity index (χ1v) is 10.6. The summed E-state index contributed by atoms with van der Waals surface area (Å²) in [4.78, 5) is 54.5. The molecule has 0 aliphatic rings. The van der Waals surface area contributed by atoms with Crippen LogP contribution in [0.4, 0.5) is 10.5 Å². The first kappa shape index (κ1) is 28.1. The number of rotatable bonds is 13. The summed E-state index contributed by atoms with van der Waals surface area (Å²) in [7, 11) is 0. The van der Waals surface area contributed by atoms with Crippen LogP contribution in [0.25, 0.3) is 10.4 Å². The third-order valence-electron chi connectivity index (χ3n) is 4.68. The lowest BCUT2D eigenvalue weighted by atomic mass is 9.95. The Balaban J connectivity index is 2.94. The van der Waals surface area contributed by atoms with Crippen LogP contribution in [0.15, 0.2) is 34.4 Å². The van der Waals surface area contributed by atoms with Crippen molar-refractivity contribution < 1.29 is 24.3 Å². The van der Waals surface area contributed by atoms with E-state index in [1.807, 2.05) is 0 Å². The summed E-state index contributed by atoms with van der Waals surface area (Å²) in [5.74, 6) is -2.77. The third kappa shape index (κ3) is 10.6. The summed E-state index contributed by atoms with van der Waals surface area (Å²) in [5, 5.41) is 20.1. The lowest BCUT2D eigenvalue weighted by molar-refractivity contribution is -0.128. The molecule has 1 unspecified atom stereocenters. The van der Waals surface area contributed by atoms with Crippen LogP contribution in [-0.4, -0.2) is 54.2 Å². The first-order chi connectivity index (χ1) is 16.2. The molecule has 1 aromatic rings. The molecule has 13 nitrogen and oxygen atoms in total. The Morgan fingerprint density at radius 2 is 1.85 bits per heavy atom. The molecule has 0 aliphatic heterocycles. The van der Waals surface area contributed by atoms with Crippen molar-refractivity contribution in [1.82, 2.24) is 10.6 Å². The fourth-order valence-corrected chi connectivity index (χ4v) is 2.82. The zero-order valence-corrected chi connectivity index (χ0v) is 19.1. The van der Waals surface area contributed by atoms with E-state index in [0.29, 0.717) is 17.7 Å². The van der Waals surface area contributed by atoms with Crippen molar-refractivity contribution in [2.75, 3.05) is 18.4 Å². The smallest absolute Gasteiger partial charge is 0.312 e. The van der Waals surface area contributed by atoms with Crippen molar-refractivity contribution in [2.45, 2.75) is 39.3 Å². The van der Waals surface area contributed by atoms with Gasteiger partial charge in [0.05, 0.1) is 12.5 Å². The number of anilines is 1. The molecule has 0 heterocycles. The van der Waals surface area contributed by atoms with Crippen LogP contribution in [0.2, 0.25) is 0 Å². The van der Waals surface area contributed by atoms with Crippen molar-refractivity contribution in [3.8, 4) is 0 Å². The van der Waals surface area contributed by atoms with Crippen LogP contribution >= 0.6 is 0 Å². The highest BCUT2D eigenvalue weighted by Crippen LogP contribution is 2.13. The zero-order valence-electron chi connectivity index (χ0n) is 19.1. The topological polar surface area (TPSA) is 212 Å². The molecule has 0 bridgehead atoms. The molecular weight excluding hydrogens is 444 g/mol. The number of azide groups is 1. The number of amides is 5. The Morgan fingerprint density at radius 3 is 2.41 bits per heavy atom. The summed E-state index contributed by atoms with van der Waals surface area (Å²) in [6.07, 6.45) is 1.73. The van der Waals surface area contributed by atoms with E-state index in [9.17, 15) is 19.2 Å². The van der Waals surface area contributed by atoms with Gasteiger partial charge in [-0.05, 0) is 42.0 Å². The Morgan fingerprint density at radius 1 is 1.18 bits per heavy atom. The third-order valence-corrected chi connectivity index (χ3v) is 4.68. The van der Waals surface area contributed by atoms with Gasteiger partial charge in [0, 0.05) is 23.4 Å². The first-order valence-electron chi connectivity index (χ1n) is 10.6. The molecule has 0 spiro atoms. The average molecular weight is 475 g/mol. The molecule has 6 N–H and O–H groups in total. The predicted molar refractivity (Wildman–Crippen MR) is 126 cm³/mol. The molecule has 0 fully saturated rings. The number of primary amides is 1. The fraction of sp³-hybridized carbons (Fsp3) is 0.476. The number of benzene rings is 1. The lowest BCUT2D eigenvalue weighted by Crippen LogP contribution is -2.47. The Bertz CT molecular complexity index is 926. The van der Waals surface area contributed by atoms with Crippen molar-refractivity contribution in [2.24, 2.45) is 27.7 Å². The van der Waals surface area contributed by atoms with Crippen LogP contribution in [0, 0.1) is 11.8 Å². The summed E-state index contributed by atoms with van der Waals surface area (Å²) in [6.45, 7) is 3.12. The van der Waals surface area contributed by atoms with Gasteiger partial charge in [0.15, 0.2) is 0 Å². The number of nitrogens with two attached hydrogens (primary N) is 1. The second kappa shape index (κ2) is 15.0. The summed E-state index contributed by atoms with van der Waals surface area (Å²) >= 11 is 0. The number of hydrogen-bond acceptors (Lipinski definition) is 6. The minimum atomic E-state index is -0.951. The van der Waals surface area contributed by atoms with Gasteiger partial charge in [0.25, 0.3) is 5.91 Å². The van der Waals surface area contributed by atoms with Crippen molar-refractivity contribution in [1.29, 1.82) is 0 Å². The van der Waals surface area contributed by atoms with Gasteiger partial charge < -0.3 is 26.8 Å². The molecule has 5 amide bonds. The normalized spacial score (nSPS) is 12.5. The monoisotopic (exact) mass is 474 g/mol. The number of carbonyl (C=O) groups is 4. The van der Waals surface area contributed by atoms with E-state index in [1.165, 1.54) is 6.21 Å². The van der Waals surface area contributed by atoms with E-state index in [4.69, 9.17) is 16.4 Å². The molecule has 0 aliphatic carbocycles. The van der Waals surface area contributed by atoms with Gasteiger partial charge in [-0.1, -0.05) is 31.1 Å². The van der Waals surface area contributed by atoms with E-state index >= 15 is 0 Å². The highest BCUT2D eigenvalue weighted by atomic mass is 16.3. The average Bonchev–Trinajstić information content (AvgIpc) is 2.79. The minimum absolute atomic E-state index is 0.136. The van der Waals surface area contributed by atoms with Gasteiger partial charge in [-0.2, -0.15) is 0 Å². The molecule has 13 heteroatoms. The number of nitrogens with zero attached hydrogens (tertiary/aromatic N) is 4. The second-order valence-electron chi connectivity index (χ2n) is 7.67. The molecular formula is C21H30N8O5. The molecule has 0 saturated heterocycles. The van der Waals surface area contributed by atoms with E-state index in [1.54, 1.807) is 38.1 Å². The Kier molecular flexibility index (Phi) is 12.4. The zero-order chi connectivity index (χ0) is 25.5.